The van der Waals surface area contributed by atoms with Crippen molar-refractivity contribution in [3.05, 3.63) is 34.9 Å². The van der Waals surface area contributed by atoms with E-state index in [4.69, 9.17) is 16.3 Å². The Morgan fingerprint density at radius 2 is 1.92 bits per heavy atom. The molecule has 0 aromatic heterocycles. The standard InChI is InChI=1S/C20H32ClN3O/c1-22-10-12-23(13-11-22)8-3-9-24(20-6-14-25-15-7-20)17-18-4-2-5-19(21)16-18/h2,4-5,16,20H,3,6-15,17H2,1H3. The van der Waals surface area contributed by atoms with Crippen molar-refractivity contribution in [2.24, 2.45) is 0 Å². The molecule has 0 spiro atoms. The number of likely N-dealkylation sites (N-methyl/N-ethyl adjacent to an activating group) is 1. The summed E-state index contributed by atoms with van der Waals surface area (Å²) >= 11 is 6.18. The van der Waals surface area contributed by atoms with E-state index in [1.165, 1.54) is 44.7 Å². The molecule has 140 valence electrons. The second-order valence-electron chi connectivity index (χ2n) is 7.44. The lowest BCUT2D eigenvalue weighted by Crippen LogP contribution is -2.45. The van der Waals surface area contributed by atoms with Gasteiger partial charge in [0, 0.05) is 57.0 Å². The summed E-state index contributed by atoms with van der Waals surface area (Å²) in [6.45, 7) is 9.98. The first-order valence-electron chi connectivity index (χ1n) is 9.68. The highest BCUT2D eigenvalue weighted by Crippen LogP contribution is 2.20. The van der Waals surface area contributed by atoms with Gasteiger partial charge in [-0.15, -0.1) is 0 Å². The third-order valence-corrected chi connectivity index (χ3v) is 5.73. The Morgan fingerprint density at radius 3 is 2.64 bits per heavy atom. The van der Waals surface area contributed by atoms with Gasteiger partial charge < -0.3 is 14.5 Å². The van der Waals surface area contributed by atoms with Crippen molar-refractivity contribution in [1.82, 2.24) is 14.7 Å². The van der Waals surface area contributed by atoms with E-state index in [0.717, 1.165) is 44.2 Å². The number of hydrogen-bond acceptors (Lipinski definition) is 4. The number of rotatable bonds is 7. The van der Waals surface area contributed by atoms with E-state index >= 15 is 0 Å². The van der Waals surface area contributed by atoms with Crippen molar-refractivity contribution in [1.29, 1.82) is 0 Å². The molecule has 0 amide bonds. The van der Waals surface area contributed by atoms with Crippen molar-refractivity contribution in [3.63, 3.8) is 0 Å². The van der Waals surface area contributed by atoms with E-state index in [-0.39, 0.29) is 0 Å². The number of nitrogens with zero attached hydrogens (tertiary/aromatic N) is 3. The van der Waals surface area contributed by atoms with Gasteiger partial charge in [0.1, 0.15) is 0 Å². The molecular weight excluding hydrogens is 334 g/mol. The van der Waals surface area contributed by atoms with Crippen LogP contribution in [0.1, 0.15) is 24.8 Å². The SMILES string of the molecule is CN1CCN(CCCN(Cc2cccc(Cl)c2)C2CCOCC2)CC1. The minimum atomic E-state index is 0.639. The molecule has 0 unspecified atom stereocenters. The first-order valence-corrected chi connectivity index (χ1v) is 10.1. The Labute approximate surface area is 157 Å². The lowest BCUT2D eigenvalue weighted by Gasteiger charge is -2.36. The highest BCUT2D eigenvalue weighted by Gasteiger charge is 2.22. The van der Waals surface area contributed by atoms with Crippen LogP contribution < -0.4 is 0 Å². The molecule has 1 aromatic rings. The molecule has 2 heterocycles. The summed E-state index contributed by atoms with van der Waals surface area (Å²) in [7, 11) is 2.22. The zero-order valence-electron chi connectivity index (χ0n) is 15.5. The van der Waals surface area contributed by atoms with Crippen LogP contribution >= 0.6 is 11.6 Å². The smallest absolute Gasteiger partial charge is 0.0480 e. The molecule has 0 N–H and O–H groups in total. The molecule has 0 radical (unpaired) electrons. The van der Waals surface area contributed by atoms with Crippen LogP contribution in [-0.2, 0) is 11.3 Å². The highest BCUT2D eigenvalue weighted by atomic mass is 35.5. The largest absolute Gasteiger partial charge is 0.381 e. The maximum absolute atomic E-state index is 6.18. The average molecular weight is 366 g/mol. The monoisotopic (exact) mass is 365 g/mol. The molecule has 3 rings (SSSR count). The molecular formula is C20H32ClN3O. The molecule has 0 aliphatic carbocycles. The number of benzene rings is 1. The van der Waals surface area contributed by atoms with Crippen LogP contribution in [0.5, 0.6) is 0 Å². The third-order valence-electron chi connectivity index (χ3n) is 5.50. The van der Waals surface area contributed by atoms with E-state index in [0.29, 0.717) is 6.04 Å². The number of halogens is 1. The van der Waals surface area contributed by atoms with E-state index in [1.807, 2.05) is 6.07 Å². The predicted molar refractivity (Wildman–Crippen MR) is 104 cm³/mol. The molecule has 4 nitrogen and oxygen atoms in total. The second kappa shape index (κ2) is 9.89. The molecule has 2 aliphatic heterocycles. The van der Waals surface area contributed by atoms with Crippen LogP contribution in [0.3, 0.4) is 0 Å². The molecule has 25 heavy (non-hydrogen) atoms. The number of piperazine rings is 1. The fraction of sp³-hybridized carbons (Fsp3) is 0.700. The van der Waals surface area contributed by atoms with Gasteiger partial charge in [0.05, 0.1) is 0 Å². The Hall–Kier alpha value is -0.650. The molecule has 0 saturated carbocycles. The summed E-state index contributed by atoms with van der Waals surface area (Å²) in [5.41, 5.74) is 1.32. The fourth-order valence-corrected chi connectivity index (χ4v) is 4.09. The Morgan fingerprint density at radius 1 is 1.16 bits per heavy atom. The van der Waals surface area contributed by atoms with Gasteiger partial charge in [-0.05, 0) is 57.1 Å². The highest BCUT2D eigenvalue weighted by molar-refractivity contribution is 6.30. The van der Waals surface area contributed by atoms with Crippen molar-refractivity contribution >= 4 is 11.6 Å². The zero-order chi connectivity index (χ0) is 17.5. The molecule has 2 fully saturated rings. The minimum absolute atomic E-state index is 0.639. The van der Waals surface area contributed by atoms with E-state index in [9.17, 15) is 0 Å². The quantitative estimate of drug-likeness (QED) is 0.739. The molecule has 0 atom stereocenters. The van der Waals surface area contributed by atoms with Crippen LogP contribution in [0.2, 0.25) is 5.02 Å². The fourth-order valence-electron chi connectivity index (χ4n) is 3.88. The molecule has 2 aliphatic rings. The molecule has 0 bridgehead atoms. The minimum Gasteiger partial charge on any atom is -0.381 e. The zero-order valence-corrected chi connectivity index (χ0v) is 16.3. The Bertz CT molecular complexity index is 513. The van der Waals surface area contributed by atoms with Crippen molar-refractivity contribution in [2.75, 3.05) is 59.5 Å². The van der Waals surface area contributed by atoms with Gasteiger partial charge in [0.15, 0.2) is 0 Å². The van der Waals surface area contributed by atoms with Crippen LogP contribution in [0.25, 0.3) is 0 Å². The lowest BCUT2D eigenvalue weighted by atomic mass is 10.1. The molecule has 1 aromatic carbocycles. The predicted octanol–water partition coefficient (Wildman–Crippen LogP) is 2.96. The maximum Gasteiger partial charge on any atom is 0.0480 e. The first kappa shape index (κ1) is 19.1. The van der Waals surface area contributed by atoms with Gasteiger partial charge in [-0.25, -0.2) is 0 Å². The van der Waals surface area contributed by atoms with Gasteiger partial charge in [-0.3, -0.25) is 4.90 Å². The normalized spacial score (nSPS) is 21.1. The lowest BCUT2D eigenvalue weighted by molar-refractivity contribution is 0.0289. The second-order valence-corrected chi connectivity index (χ2v) is 7.88. The number of ether oxygens (including phenoxy) is 1. The van der Waals surface area contributed by atoms with E-state index in [2.05, 4.69) is 39.9 Å². The van der Waals surface area contributed by atoms with Crippen molar-refractivity contribution < 1.29 is 4.74 Å². The summed E-state index contributed by atoms with van der Waals surface area (Å²) in [6.07, 6.45) is 3.53. The van der Waals surface area contributed by atoms with Gasteiger partial charge in [-0.1, -0.05) is 23.7 Å². The van der Waals surface area contributed by atoms with Crippen LogP contribution in [0.4, 0.5) is 0 Å². The first-order chi connectivity index (χ1) is 12.2. The Kier molecular flexibility index (Phi) is 7.56. The van der Waals surface area contributed by atoms with Gasteiger partial charge in [0.25, 0.3) is 0 Å². The topological polar surface area (TPSA) is 19.0 Å². The van der Waals surface area contributed by atoms with Gasteiger partial charge >= 0.3 is 0 Å². The molecule has 2 saturated heterocycles. The van der Waals surface area contributed by atoms with Gasteiger partial charge in [0.2, 0.25) is 0 Å². The van der Waals surface area contributed by atoms with Crippen molar-refractivity contribution in [3.8, 4) is 0 Å². The van der Waals surface area contributed by atoms with Crippen molar-refractivity contribution in [2.45, 2.75) is 31.8 Å². The van der Waals surface area contributed by atoms with E-state index < -0.39 is 0 Å². The summed E-state index contributed by atoms with van der Waals surface area (Å²) in [5, 5.41) is 0.835. The maximum atomic E-state index is 6.18. The third kappa shape index (κ3) is 6.22. The van der Waals surface area contributed by atoms with Crippen LogP contribution in [0.15, 0.2) is 24.3 Å². The summed E-state index contributed by atoms with van der Waals surface area (Å²) in [5.74, 6) is 0. The van der Waals surface area contributed by atoms with Crippen LogP contribution in [0, 0.1) is 0 Å². The average Bonchev–Trinajstić information content (AvgIpc) is 2.63. The summed E-state index contributed by atoms with van der Waals surface area (Å²) in [4.78, 5) is 7.69. The summed E-state index contributed by atoms with van der Waals surface area (Å²) < 4.78 is 5.57. The summed E-state index contributed by atoms with van der Waals surface area (Å²) in [6, 6.07) is 8.95. The van der Waals surface area contributed by atoms with E-state index in [1.54, 1.807) is 0 Å². The molecule has 5 heteroatoms. The Balaban J connectivity index is 1.52. The number of hydrogen-bond donors (Lipinski definition) is 0. The van der Waals surface area contributed by atoms with Crippen LogP contribution in [-0.4, -0.2) is 80.3 Å². The van der Waals surface area contributed by atoms with Gasteiger partial charge in [-0.2, -0.15) is 0 Å².